The molecule has 1 aliphatic heterocycles. The zero-order valence-corrected chi connectivity index (χ0v) is 12.2. The lowest BCUT2D eigenvalue weighted by Gasteiger charge is -2.10. The van der Waals surface area contributed by atoms with Crippen LogP contribution < -0.4 is 10.6 Å². The minimum Gasteiger partial charge on any atom is -0.352 e. The van der Waals surface area contributed by atoms with E-state index in [2.05, 4.69) is 10.6 Å². The number of nitrogens with one attached hydrogen (secondary N) is 2. The minimum atomic E-state index is -2.86. The Labute approximate surface area is 119 Å². The number of hydrogen-bond acceptors (Lipinski definition) is 4. The fourth-order valence-electron chi connectivity index (χ4n) is 2.23. The van der Waals surface area contributed by atoms with Gasteiger partial charge < -0.3 is 10.6 Å². The molecule has 6 heteroatoms. The maximum absolute atomic E-state index is 11.6. The van der Waals surface area contributed by atoms with Crippen LogP contribution in [0.1, 0.15) is 18.4 Å². The maximum atomic E-state index is 11.6. The van der Waals surface area contributed by atoms with Crippen molar-refractivity contribution in [3.63, 3.8) is 0 Å². The van der Waals surface area contributed by atoms with E-state index in [4.69, 9.17) is 0 Å². The molecule has 0 aliphatic carbocycles. The summed E-state index contributed by atoms with van der Waals surface area (Å²) in [7, 11) is -2.86. The van der Waals surface area contributed by atoms with Gasteiger partial charge in [0.1, 0.15) is 0 Å². The predicted molar refractivity (Wildman–Crippen MR) is 78.0 cm³/mol. The molecule has 2 N–H and O–H groups in total. The molecule has 0 saturated carbocycles. The molecule has 1 heterocycles. The summed E-state index contributed by atoms with van der Waals surface area (Å²) in [6.45, 7) is 1.04. The zero-order valence-electron chi connectivity index (χ0n) is 11.3. The minimum absolute atomic E-state index is 0.00178. The average Bonchev–Trinajstić information content (AvgIpc) is 2.77. The highest BCUT2D eigenvalue weighted by molar-refractivity contribution is 7.91. The molecule has 0 aromatic heterocycles. The van der Waals surface area contributed by atoms with E-state index in [1.165, 1.54) is 0 Å². The third-order valence-electron chi connectivity index (χ3n) is 3.35. The van der Waals surface area contributed by atoms with Gasteiger partial charge in [-0.3, -0.25) is 4.79 Å². The second kappa shape index (κ2) is 6.85. The van der Waals surface area contributed by atoms with Crippen LogP contribution in [0, 0.1) is 0 Å². The molecule has 0 radical (unpaired) electrons. The van der Waals surface area contributed by atoms with Crippen LogP contribution in [0.3, 0.4) is 0 Å². The third kappa shape index (κ3) is 4.94. The molecule has 0 bridgehead atoms. The summed E-state index contributed by atoms with van der Waals surface area (Å²) in [5, 5.41) is 5.97. The van der Waals surface area contributed by atoms with E-state index >= 15 is 0 Å². The van der Waals surface area contributed by atoms with Gasteiger partial charge in [-0.2, -0.15) is 0 Å². The Kier molecular flexibility index (Phi) is 5.14. The van der Waals surface area contributed by atoms with E-state index in [1.807, 2.05) is 30.3 Å². The van der Waals surface area contributed by atoms with E-state index < -0.39 is 9.84 Å². The summed E-state index contributed by atoms with van der Waals surface area (Å²) >= 11 is 0. The predicted octanol–water partition coefficient (Wildman–Crippen LogP) is 0.470. The SMILES string of the molecule is O=C(CCNC1CCS(=O)(=O)C1)NCc1ccccc1. The molecule has 1 aromatic rings. The Morgan fingerprint density at radius 2 is 2.00 bits per heavy atom. The molecule has 1 saturated heterocycles. The molecule has 1 atom stereocenters. The Bertz CT molecular complexity index is 543. The number of sulfone groups is 1. The summed E-state index contributed by atoms with van der Waals surface area (Å²) in [5.41, 5.74) is 1.07. The highest BCUT2D eigenvalue weighted by Crippen LogP contribution is 2.10. The molecule has 20 heavy (non-hydrogen) atoms. The van der Waals surface area contributed by atoms with Crippen LogP contribution in [0.25, 0.3) is 0 Å². The van der Waals surface area contributed by atoms with Crippen LogP contribution in [0.5, 0.6) is 0 Å². The van der Waals surface area contributed by atoms with Crippen molar-refractivity contribution in [1.82, 2.24) is 10.6 Å². The van der Waals surface area contributed by atoms with Gasteiger partial charge in [0.25, 0.3) is 0 Å². The van der Waals surface area contributed by atoms with E-state index in [0.29, 0.717) is 25.9 Å². The van der Waals surface area contributed by atoms with Crippen molar-refractivity contribution in [3.05, 3.63) is 35.9 Å². The second-order valence-electron chi connectivity index (χ2n) is 5.07. The number of amides is 1. The van der Waals surface area contributed by atoms with Gasteiger partial charge in [0.05, 0.1) is 11.5 Å². The summed E-state index contributed by atoms with van der Waals surface area (Å²) in [4.78, 5) is 11.6. The molecular formula is C14H20N2O3S. The smallest absolute Gasteiger partial charge is 0.221 e. The number of benzene rings is 1. The van der Waals surface area contributed by atoms with Gasteiger partial charge in [0.2, 0.25) is 5.91 Å². The van der Waals surface area contributed by atoms with Crippen LogP contribution in [-0.4, -0.2) is 38.4 Å². The number of carbonyl (C=O) groups is 1. The maximum Gasteiger partial charge on any atom is 0.221 e. The monoisotopic (exact) mass is 296 g/mol. The Morgan fingerprint density at radius 1 is 1.25 bits per heavy atom. The molecule has 110 valence electrons. The molecule has 5 nitrogen and oxygen atoms in total. The molecular weight excluding hydrogens is 276 g/mol. The Morgan fingerprint density at radius 3 is 2.65 bits per heavy atom. The van der Waals surface area contributed by atoms with Crippen LogP contribution in [0.2, 0.25) is 0 Å². The molecule has 1 unspecified atom stereocenters. The van der Waals surface area contributed by atoms with Crippen molar-refractivity contribution in [2.45, 2.75) is 25.4 Å². The highest BCUT2D eigenvalue weighted by Gasteiger charge is 2.27. The number of carbonyl (C=O) groups excluding carboxylic acids is 1. The van der Waals surface area contributed by atoms with E-state index in [1.54, 1.807) is 0 Å². The van der Waals surface area contributed by atoms with Gasteiger partial charge in [0.15, 0.2) is 9.84 Å². The summed E-state index contributed by atoms with van der Waals surface area (Å²) < 4.78 is 22.6. The first-order valence-corrected chi connectivity index (χ1v) is 8.62. The van der Waals surface area contributed by atoms with E-state index in [-0.39, 0.29) is 23.5 Å². The topological polar surface area (TPSA) is 75.3 Å². The lowest BCUT2D eigenvalue weighted by molar-refractivity contribution is -0.121. The van der Waals surface area contributed by atoms with Gasteiger partial charge in [-0.25, -0.2) is 8.42 Å². The molecule has 1 amide bonds. The van der Waals surface area contributed by atoms with Crippen molar-refractivity contribution in [1.29, 1.82) is 0 Å². The quantitative estimate of drug-likeness (QED) is 0.800. The third-order valence-corrected chi connectivity index (χ3v) is 5.12. The largest absolute Gasteiger partial charge is 0.352 e. The van der Waals surface area contributed by atoms with Crippen LogP contribution in [0.15, 0.2) is 30.3 Å². The first kappa shape index (κ1) is 15.0. The number of hydrogen-bond donors (Lipinski definition) is 2. The normalized spacial score (nSPS) is 20.7. The van der Waals surface area contributed by atoms with Gasteiger partial charge in [-0.15, -0.1) is 0 Å². The van der Waals surface area contributed by atoms with Crippen molar-refractivity contribution in [3.8, 4) is 0 Å². The highest BCUT2D eigenvalue weighted by atomic mass is 32.2. The number of rotatable bonds is 6. The van der Waals surface area contributed by atoms with Crippen LogP contribution >= 0.6 is 0 Å². The van der Waals surface area contributed by atoms with Crippen molar-refractivity contribution in [2.24, 2.45) is 0 Å². The van der Waals surface area contributed by atoms with Crippen molar-refractivity contribution >= 4 is 15.7 Å². The molecule has 1 fully saturated rings. The van der Waals surface area contributed by atoms with Gasteiger partial charge in [-0.05, 0) is 12.0 Å². The second-order valence-corrected chi connectivity index (χ2v) is 7.30. The fraction of sp³-hybridized carbons (Fsp3) is 0.500. The Hall–Kier alpha value is -1.40. The molecule has 1 aromatic carbocycles. The van der Waals surface area contributed by atoms with E-state index in [0.717, 1.165) is 5.56 Å². The summed E-state index contributed by atoms with van der Waals surface area (Å²) in [6, 6.07) is 9.73. The van der Waals surface area contributed by atoms with Crippen molar-refractivity contribution in [2.75, 3.05) is 18.1 Å². The van der Waals surface area contributed by atoms with E-state index in [9.17, 15) is 13.2 Å². The summed E-state index contributed by atoms with van der Waals surface area (Å²) in [5.74, 6) is 0.422. The van der Waals surface area contributed by atoms with Gasteiger partial charge in [0, 0.05) is 25.6 Å². The Balaban J connectivity index is 1.61. The van der Waals surface area contributed by atoms with Gasteiger partial charge >= 0.3 is 0 Å². The molecule has 2 rings (SSSR count). The lowest BCUT2D eigenvalue weighted by Crippen LogP contribution is -2.34. The molecule has 1 aliphatic rings. The first-order chi connectivity index (χ1) is 9.55. The van der Waals surface area contributed by atoms with Crippen LogP contribution in [0.4, 0.5) is 0 Å². The van der Waals surface area contributed by atoms with Crippen molar-refractivity contribution < 1.29 is 13.2 Å². The summed E-state index contributed by atoms with van der Waals surface area (Å²) in [6.07, 6.45) is 1.01. The van der Waals surface area contributed by atoms with Gasteiger partial charge in [-0.1, -0.05) is 30.3 Å². The first-order valence-electron chi connectivity index (χ1n) is 6.79. The average molecular weight is 296 g/mol. The standard InChI is InChI=1S/C14H20N2O3S/c17-14(16-10-12-4-2-1-3-5-12)6-8-15-13-7-9-20(18,19)11-13/h1-5,13,15H,6-11H2,(H,16,17). The fourth-order valence-corrected chi connectivity index (χ4v) is 3.94. The zero-order chi connectivity index (χ0) is 14.4. The van der Waals surface area contributed by atoms with Crippen LogP contribution in [-0.2, 0) is 21.2 Å². The lowest BCUT2D eigenvalue weighted by atomic mass is 10.2. The molecule has 0 spiro atoms.